The molecule has 2 aliphatic carbocycles. The van der Waals surface area contributed by atoms with Crippen LogP contribution in [-0.4, -0.2) is 49.6 Å². The molecule has 2 aromatic rings. The minimum Gasteiger partial charge on any atom is -0.493 e. The zero-order valence-corrected chi connectivity index (χ0v) is 27.6. The highest BCUT2D eigenvalue weighted by atomic mass is 16.6. The van der Waals surface area contributed by atoms with Crippen molar-refractivity contribution >= 4 is 17.7 Å². The quantitative estimate of drug-likeness (QED) is 0.218. The topological polar surface area (TPSA) is 117 Å². The number of amides is 1. The van der Waals surface area contributed by atoms with Gasteiger partial charge in [-0.25, -0.2) is 4.79 Å². The maximum atomic E-state index is 12.3. The smallest absolute Gasteiger partial charge is 0.407 e. The number of nitrogens with two attached hydrogens (primary N) is 1. The van der Waals surface area contributed by atoms with Crippen LogP contribution in [0.4, 0.5) is 4.79 Å². The van der Waals surface area contributed by atoms with Gasteiger partial charge in [-0.2, -0.15) is 0 Å². The van der Waals surface area contributed by atoms with Crippen LogP contribution in [0.5, 0.6) is 11.5 Å². The molecule has 2 aromatic carbocycles. The van der Waals surface area contributed by atoms with Gasteiger partial charge in [0.15, 0.2) is 11.6 Å². The van der Waals surface area contributed by atoms with Gasteiger partial charge in [0.2, 0.25) is 0 Å². The maximum absolute atomic E-state index is 12.3. The molecule has 2 fully saturated rings. The van der Waals surface area contributed by atoms with E-state index in [2.05, 4.69) is 5.32 Å². The Balaban J connectivity index is 0.000000257. The summed E-state index contributed by atoms with van der Waals surface area (Å²) in [5.41, 5.74) is 6.17. The van der Waals surface area contributed by atoms with Gasteiger partial charge in [-0.1, -0.05) is 62.8 Å². The standard InChI is InChI=1S/C21H31NO4.C16H23NO2/c1-21(2,3)26-20(24)22-13-12-19(23)17-10-7-11-18(14-17)25-15-16-8-5-4-6-9-16;17-10-9-16(18)14-7-4-8-15(11-14)19-12-13-5-2-1-3-6-13/h7,10-11,14,16H,4-6,8-9,12-13,15H2,1-3H3,(H,22,24);4,7-8,11,13H,1-3,5-6,9-10,12,17H2. The Labute approximate surface area is 269 Å². The molecule has 0 saturated heterocycles. The van der Waals surface area contributed by atoms with Crippen LogP contribution in [0.1, 0.15) is 119 Å². The number of Topliss-reactive ketones (excluding diaryl/α,β-unsaturated/α-hetero) is 2. The number of ether oxygens (including phenoxy) is 3. The monoisotopic (exact) mass is 622 g/mol. The van der Waals surface area contributed by atoms with Crippen LogP contribution >= 0.6 is 0 Å². The normalized spacial score (nSPS) is 15.7. The van der Waals surface area contributed by atoms with E-state index in [1.54, 1.807) is 32.9 Å². The van der Waals surface area contributed by atoms with Crippen LogP contribution < -0.4 is 20.5 Å². The molecule has 0 unspecified atom stereocenters. The molecular formula is C37H54N2O6. The Morgan fingerprint density at radius 3 is 1.64 bits per heavy atom. The molecule has 2 saturated carbocycles. The van der Waals surface area contributed by atoms with Gasteiger partial charge < -0.3 is 25.3 Å². The van der Waals surface area contributed by atoms with Gasteiger partial charge >= 0.3 is 6.09 Å². The largest absolute Gasteiger partial charge is 0.493 e. The predicted octanol–water partition coefficient (Wildman–Crippen LogP) is 7.92. The Hall–Kier alpha value is -3.39. The van der Waals surface area contributed by atoms with E-state index in [9.17, 15) is 14.4 Å². The molecule has 0 aliphatic heterocycles. The van der Waals surface area contributed by atoms with Crippen molar-refractivity contribution in [2.24, 2.45) is 17.6 Å². The lowest BCUT2D eigenvalue weighted by Gasteiger charge is -2.21. The molecule has 248 valence electrons. The Kier molecular flexibility index (Phi) is 15.4. The number of benzene rings is 2. The van der Waals surface area contributed by atoms with E-state index in [4.69, 9.17) is 19.9 Å². The van der Waals surface area contributed by atoms with Crippen LogP contribution in [-0.2, 0) is 4.74 Å². The third kappa shape index (κ3) is 14.5. The Morgan fingerprint density at radius 1 is 0.733 bits per heavy atom. The minimum atomic E-state index is -0.544. The van der Waals surface area contributed by atoms with Crippen molar-refractivity contribution in [1.82, 2.24) is 5.32 Å². The molecular weight excluding hydrogens is 568 g/mol. The minimum absolute atomic E-state index is 0.0239. The number of alkyl carbamates (subject to hydrolysis) is 1. The summed E-state index contributed by atoms with van der Waals surface area (Å²) in [7, 11) is 0. The van der Waals surface area contributed by atoms with E-state index in [1.807, 2.05) is 36.4 Å². The van der Waals surface area contributed by atoms with E-state index in [0.29, 0.717) is 35.9 Å². The van der Waals surface area contributed by atoms with E-state index in [-0.39, 0.29) is 24.5 Å². The van der Waals surface area contributed by atoms with Gasteiger partial charge in [-0.05, 0) is 89.1 Å². The highest BCUT2D eigenvalue weighted by Gasteiger charge is 2.17. The fraction of sp³-hybridized carbons (Fsp3) is 0.595. The van der Waals surface area contributed by atoms with Gasteiger partial charge in [0.1, 0.15) is 17.1 Å². The third-order valence-electron chi connectivity index (χ3n) is 8.12. The second-order valence-corrected chi connectivity index (χ2v) is 13.2. The van der Waals surface area contributed by atoms with Gasteiger partial charge in [0, 0.05) is 30.5 Å². The summed E-state index contributed by atoms with van der Waals surface area (Å²) in [5.74, 6) is 2.91. The van der Waals surface area contributed by atoms with E-state index < -0.39 is 11.7 Å². The van der Waals surface area contributed by atoms with Crippen LogP contribution in [0.15, 0.2) is 48.5 Å². The van der Waals surface area contributed by atoms with Crippen molar-refractivity contribution in [3.05, 3.63) is 59.7 Å². The van der Waals surface area contributed by atoms with Crippen molar-refractivity contribution in [2.75, 3.05) is 26.3 Å². The summed E-state index contributed by atoms with van der Waals surface area (Å²) in [5, 5.41) is 2.61. The van der Waals surface area contributed by atoms with Crippen LogP contribution in [0, 0.1) is 11.8 Å². The lowest BCUT2D eigenvalue weighted by Crippen LogP contribution is -2.33. The summed E-state index contributed by atoms with van der Waals surface area (Å²) in [6.07, 6.45) is 13.0. The molecule has 0 radical (unpaired) electrons. The molecule has 0 heterocycles. The average Bonchev–Trinajstić information content (AvgIpc) is 3.03. The van der Waals surface area contributed by atoms with Crippen LogP contribution in [0.3, 0.4) is 0 Å². The van der Waals surface area contributed by atoms with Gasteiger partial charge in [0.05, 0.1) is 13.2 Å². The van der Waals surface area contributed by atoms with E-state index in [0.717, 1.165) is 24.7 Å². The van der Waals surface area contributed by atoms with Gasteiger partial charge in [-0.3, -0.25) is 9.59 Å². The van der Waals surface area contributed by atoms with Crippen molar-refractivity contribution in [3.63, 3.8) is 0 Å². The SMILES string of the molecule is CC(C)(C)OC(=O)NCCC(=O)c1cccc(OCC2CCCCC2)c1.NCCC(=O)c1cccc(OCC2CCCCC2)c1. The molecule has 0 atom stereocenters. The molecule has 0 aromatic heterocycles. The first-order valence-electron chi connectivity index (χ1n) is 16.8. The number of carbonyl (C=O) groups excluding carboxylic acids is 3. The molecule has 0 bridgehead atoms. The predicted molar refractivity (Wildman–Crippen MR) is 178 cm³/mol. The van der Waals surface area contributed by atoms with Crippen LogP contribution in [0.2, 0.25) is 0 Å². The molecule has 4 rings (SSSR count). The number of hydrogen-bond donors (Lipinski definition) is 2. The highest BCUT2D eigenvalue weighted by Crippen LogP contribution is 2.26. The first kappa shape index (κ1) is 36.1. The average molecular weight is 623 g/mol. The molecule has 45 heavy (non-hydrogen) atoms. The van der Waals surface area contributed by atoms with Crippen molar-refractivity contribution in [1.29, 1.82) is 0 Å². The molecule has 2 aliphatic rings. The fourth-order valence-corrected chi connectivity index (χ4v) is 5.67. The van der Waals surface area contributed by atoms with Gasteiger partial charge in [-0.15, -0.1) is 0 Å². The summed E-state index contributed by atoms with van der Waals surface area (Å²) in [6, 6.07) is 14.7. The van der Waals surface area contributed by atoms with Crippen molar-refractivity contribution in [2.45, 2.75) is 103 Å². The second kappa shape index (κ2) is 19.2. The van der Waals surface area contributed by atoms with E-state index in [1.165, 1.54) is 64.2 Å². The zero-order valence-electron chi connectivity index (χ0n) is 27.6. The number of ketones is 2. The highest BCUT2D eigenvalue weighted by molar-refractivity contribution is 5.97. The van der Waals surface area contributed by atoms with Gasteiger partial charge in [0.25, 0.3) is 0 Å². The Morgan fingerprint density at radius 2 is 1.20 bits per heavy atom. The van der Waals surface area contributed by atoms with Crippen molar-refractivity contribution in [3.8, 4) is 11.5 Å². The molecule has 8 heteroatoms. The first-order valence-corrected chi connectivity index (χ1v) is 16.8. The summed E-state index contributed by atoms with van der Waals surface area (Å²) in [4.78, 5) is 35.7. The summed E-state index contributed by atoms with van der Waals surface area (Å²) < 4.78 is 16.9. The van der Waals surface area contributed by atoms with Crippen molar-refractivity contribution < 1.29 is 28.6 Å². The number of nitrogens with one attached hydrogen (secondary N) is 1. The third-order valence-corrected chi connectivity index (χ3v) is 8.12. The van der Waals surface area contributed by atoms with E-state index >= 15 is 0 Å². The number of carbonyl (C=O) groups is 3. The van der Waals surface area contributed by atoms with Crippen LogP contribution in [0.25, 0.3) is 0 Å². The molecule has 1 amide bonds. The Bertz CT molecular complexity index is 1200. The maximum Gasteiger partial charge on any atom is 0.407 e. The number of hydrogen-bond acceptors (Lipinski definition) is 7. The number of rotatable bonds is 13. The summed E-state index contributed by atoms with van der Waals surface area (Å²) >= 11 is 0. The molecule has 3 N–H and O–H groups in total. The fourth-order valence-electron chi connectivity index (χ4n) is 5.67. The first-order chi connectivity index (χ1) is 21.6. The summed E-state index contributed by atoms with van der Waals surface area (Å²) in [6.45, 7) is 7.54. The lowest BCUT2D eigenvalue weighted by molar-refractivity contribution is 0.0527. The molecule has 0 spiro atoms. The second-order valence-electron chi connectivity index (χ2n) is 13.2. The zero-order chi connectivity index (χ0) is 32.5. The lowest BCUT2D eigenvalue weighted by atomic mass is 9.90. The molecule has 8 nitrogen and oxygen atoms in total.